The van der Waals surface area contributed by atoms with Crippen LogP contribution in [0.4, 0.5) is 0 Å². The van der Waals surface area contributed by atoms with Crippen LogP contribution >= 0.6 is 0 Å². The van der Waals surface area contributed by atoms with Crippen molar-refractivity contribution in [3.63, 3.8) is 0 Å². The lowest BCUT2D eigenvalue weighted by Gasteiger charge is -2.18. The first kappa shape index (κ1) is 13.2. The van der Waals surface area contributed by atoms with Crippen molar-refractivity contribution in [2.45, 2.75) is 38.6 Å². The fraction of sp³-hybridized carbons (Fsp3) is 0.500. The van der Waals surface area contributed by atoms with Gasteiger partial charge in [0.2, 0.25) is 0 Å². The molecule has 1 atom stereocenters. The largest absolute Gasteiger partial charge is 0.493 e. The van der Waals surface area contributed by atoms with Crippen LogP contribution in [-0.4, -0.2) is 13.2 Å². The third-order valence-corrected chi connectivity index (χ3v) is 3.47. The molecule has 0 aliphatic carbocycles. The van der Waals surface area contributed by atoms with Crippen LogP contribution in [0.25, 0.3) is 0 Å². The van der Waals surface area contributed by atoms with Gasteiger partial charge in [-0.3, -0.25) is 0 Å². The summed E-state index contributed by atoms with van der Waals surface area (Å²) in [5, 5.41) is 3.57. The van der Waals surface area contributed by atoms with Gasteiger partial charge in [0, 0.05) is 12.5 Å². The van der Waals surface area contributed by atoms with Gasteiger partial charge in [-0.25, -0.2) is 0 Å². The highest BCUT2D eigenvalue weighted by Gasteiger charge is 2.16. The van der Waals surface area contributed by atoms with Crippen LogP contribution in [0.3, 0.4) is 0 Å². The Morgan fingerprint density at radius 2 is 2.39 bits per heavy atom. The number of unbranched alkanes of at least 4 members (excludes halogenated alkanes) is 1. The average Bonchev–Trinajstić information content (AvgIpc) is 2.85. The lowest BCUT2D eigenvalue weighted by molar-refractivity contribution is 0.356. The maximum Gasteiger partial charge on any atom is 0.122 e. The molecule has 0 aromatic heterocycles. The van der Waals surface area contributed by atoms with Crippen LogP contribution in [0.1, 0.15) is 43.4 Å². The van der Waals surface area contributed by atoms with Crippen LogP contribution < -0.4 is 10.1 Å². The Morgan fingerprint density at radius 1 is 1.50 bits per heavy atom. The van der Waals surface area contributed by atoms with Gasteiger partial charge in [-0.05, 0) is 43.0 Å². The number of rotatable bonds is 7. The predicted octanol–water partition coefficient (Wildman–Crippen LogP) is 3.63. The Balaban J connectivity index is 2.06. The minimum absolute atomic E-state index is 0.459. The van der Waals surface area contributed by atoms with Crippen molar-refractivity contribution in [2.75, 3.05) is 13.2 Å². The van der Waals surface area contributed by atoms with Gasteiger partial charge < -0.3 is 10.1 Å². The zero-order valence-corrected chi connectivity index (χ0v) is 11.2. The minimum Gasteiger partial charge on any atom is -0.493 e. The highest BCUT2D eigenvalue weighted by molar-refractivity contribution is 5.40. The van der Waals surface area contributed by atoms with Crippen LogP contribution in [0.15, 0.2) is 30.9 Å². The van der Waals surface area contributed by atoms with E-state index in [1.807, 2.05) is 6.08 Å². The molecule has 0 bridgehead atoms. The highest BCUT2D eigenvalue weighted by atomic mass is 16.5. The molecule has 1 aliphatic heterocycles. The maximum atomic E-state index is 5.56. The molecule has 0 radical (unpaired) electrons. The summed E-state index contributed by atoms with van der Waals surface area (Å²) in [4.78, 5) is 0. The van der Waals surface area contributed by atoms with Gasteiger partial charge >= 0.3 is 0 Å². The molecule has 2 rings (SSSR count). The van der Waals surface area contributed by atoms with Crippen LogP contribution in [-0.2, 0) is 6.42 Å². The number of ether oxygens (including phenoxy) is 1. The molecule has 98 valence electrons. The van der Waals surface area contributed by atoms with Gasteiger partial charge in [-0.1, -0.05) is 25.1 Å². The fourth-order valence-corrected chi connectivity index (χ4v) is 2.52. The maximum absolute atomic E-state index is 5.56. The van der Waals surface area contributed by atoms with E-state index in [9.17, 15) is 0 Å². The number of benzene rings is 1. The second kappa shape index (κ2) is 6.60. The molecule has 1 aromatic rings. The summed E-state index contributed by atoms with van der Waals surface area (Å²) >= 11 is 0. The molecule has 0 saturated heterocycles. The van der Waals surface area contributed by atoms with Crippen molar-refractivity contribution >= 4 is 0 Å². The summed E-state index contributed by atoms with van der Waals surface area (Å²) in [6, 6.07) is 7.09. The molecular formula is C16H23NO. The Morgan fingerprint density at radius 3 is 3.17 bits per heavy atom. The first-order chi connectivity index (χ1) is 8.85. The molecular weight excluding hydrogens is 222 g/mol. The van der Waals surface area contributed by atoms with Gasteiger partial charge in [0.1, 0.15) is 5.75 Å². The Kier molecular flexibility index (Phi) is 4.82. The van der Waals surface area contributed by atoms with Gasteiger partial charge in [-0.2, -0.15) is 0 Å². The van der Waals surface area contributed by atoms with Crippen LogP contribution in [0.5, 0.6) is 5.75 Å². The van der Waals surface area contributed by atoms with E-state index >= 15 is 0 Å². The van der Waals surface area contributed by atoms with Crippen molar-refractivity contribution in [3.8, 4) is 5.75 Å². The molecule has 1 unspecified atom stereocenters. The van der Waals surface area contributed by atoms with E-state index in [0.717, 1.165) is 31.7 Å². The van der Waals surface area contributed by atoms with Gasteiger partial charge in [0.15, 0.2) is 0 Å². The summed E-state index contributed by atoms with van der Waals surface area (Å²) in [5.74, 6) is 1.07. The van der Waals surface area contributed by atoms with E-state index < -0.39 is 0 Å². The zero-order valence-electron chi connectivity index (χ0n) is 11.2. The first-order valence-electron chi connectivity index (χ1n) is 6.95. The second-order valence-electron chi connectivity index (χ2n) is 4.80. The lowest BCUT2D eigenvalue weighted by Crippen LogP contribution is -2.20. The van der Waals surface area contributed by atoms with Crippen molar-refractivity contribution in [1.29, 1.82) is 0 Å². The van der Waals surface area contributed by atoms with Crippen LogP contribution in [0.2, 0.25) is 0 Å². The second-order valence-corrected chi connectivity index (χ2v) is 4.80. The normalized spacial score (nSPS) is 14.9. The molecule has 0 fully saturated rings. The first-order valence-corrected chi connectivity index (χ1v) is 6.95. The van der Waals surface area contributed by atoms with E-state index in [0.29, 0.717) is 6.04 Å². The average molecular weight is 245 g/mol. The molecule has 0 spiro atoms. The van der Waals surface area contributed by atoms with E-state index in [1.54, 1.807) is 0 Å². The van der Waals surface area contributed by atoms with E-state index in [2.05, 4.69) is 37.0 Å². The lowest BCUT2D eigenvalue weighted by atomic mass is 9.98. The predicted molar refractivity (Wildman–Crippen MR) is 76.1 cm³/mol. The standard InChI is InChI=1S/C16H23NO/c1-3-5-6-7-15(17-4-2)13-8-9-16-14(12-13)10-11-18-16/h3,8-9,12,15,17H,1,4-7,10-11H2,2H3. The Hall–Kier alpha value is -1.28. The zero-order chi connectivity index (χ0) is 12.8. The molecule has 1 aromatic carbocycles. The highest BCUT2D eigenvalue weighted by Crippen LogP contribution is 2.29. The van der Waals surface area contributed by atoms with Gasteiger partial charge in [-0.15, -0.1) is 6.58 Å². The van der Waals surface area contributed by atoms with Gasteiger partial charge in [0.05, 0.1) is 6.61 Å². The quantitative estimate of drug-likeness (QED) is 0.585. The molecule has 0 amide bonds. The van der Waals surface area contributed by atoms with E-state index in [4.69, 9.17) is 4.74 Å². The third-order valence-electron chi connectivity index (χ3n) is 3.47. The monoisotopic (exact) mass is 245 g/mol. The summed E-state index contributed by atoms with van der Waals surface area (Å²) < 4.78 is 5.56. The summed E-state index contributed by atoms with van der Waals surface area (Å²) in [5.41, 5.74) is 2.75. The molecule has 2 heteroatoms. The Labute approximate surface area is 110 Å². The van der Waals surface area contributed by atoms with Crippen molar-refractivity contribution in [3.05, 3.63) is 42.0 Å². The number of nitrogens with one attached hydrogen (secondary N) is 1. The molecule has 1 heterocycles. The van der Waals surface area contributed by atoms with Crippen molar-refractivity contribution in [2.24, 2.45) is 0 Å². The molecule has 1 N–H and O–H groups in total. The number of fused-ring (bicyclic) bond motifs is 1. The molecule has 18 heavy (non-hydrogen) atoms. The number of allylic oxidation sites excluding steroid dienone is 1. The van der Waals surface area contributed by atoms with E-state index in [1.165, 1.54) is 24.0 Å². The topological polar surface area (TPSA) is 21.3 Å². The molecule has 0 saturated carbocycles. The fourth-order valence-electron chi connectivity index (χ4n) is 2.52. The number of hydrogen-bond acceptors (Lipinski definition) is 2. The van der Waals surface area contributed by atoms with Crippen molar-refractivity contribution in [1.82, 2.24) is 5.32 Å². The summed E-state index contributed by atoms with van der Waals surface area (Å²) in [6.45, 7) is 7.79. The summed E-state index contributed by atoms with van der Waals surface area (Å²) in [6.07, 6.45) is 6.50. The molecule has 1 aliphatic rings. The Bertz CT molecular complexity index is 400. The minimum atomic E-state index is 0.459. The number of hydrogen-bond donors (Lipinski definition) is 1. The van der Waals surface area contributed by atoms with Crippen LogP contribution in [0, 0.1) is 0 Å². The molecule has 2 nitrogen and oxygen atoms in total. The smallest absolute Gasteiger partial charge is 0.122 e. The third kappa shape index (κ3) is 3.14. The summed E-state index contributed by atoms with van der Waals surface area (Å²) in [7, 11) is 0. The van der Waals surface area contributed by atoms with E-state index in [-0.39, 0.29) is 0 Å². The SMILES string of the molecule is C=CCCCC(NCC)c1ccc2c(c1)CCO2. The van der Waals surface area contributed by atoms with Crippen molar-refractivity contribution < 1.29 is 4.74 Å². The van der Waals surface area contributed by atoms with Gasteiger partial charge in [0.25, 0.3) is 0 Å².